The van der Waals surface area contributed by atoms with Crippen molar-refractivity contribution in [2.45, 2.75) is 45.6 Å². The lowest BCUT2D eigenvalue weighted by molar-refractivity contribution is -0.135. The Labute approximate surface area is 174 Å². The molecular weight excluding hydrogens is 378 g/mol. The van der Waals surface area contributed by atoms with Crippen molar-refractivity contribution < 1.29 is 14.3 Å². The van der Waals surface area contributed by atoms with Crippen LogP contribution in [0.4, 0.5) is 0 Å². The van der Waals surface area contributed by atoms with Crippen molar-refractivity contribution in [2.75, 3.05) is 33.3 Å². The molecule has 158 valence electrons. The number of carbonyl (C=O) groups excluding carboxylic acids is 2. The number of benzene rings is 1. The Balaban J connectivity index is 0.00000392. The first-order valence-corrected chi connectivity index (χ1v) is 9.91. The molecule has 0 saturated carbocycles. The number of halogens is 1. The molecule has 2 N–H and O–H groups in total. The Morgan fingerprint density at radius 3 is 2.32 bits per heavy atom. The largest absolute Gasteiger partial charge is 0.497 e. The first-order valence-electron chi connectivity index (χ1n) is 9.91. The molecule has 7 heteroatoms. The zero-order chi connectivity index (χ0) is 19.8. The van der Waals surface area contributed by atoms with Crippen LogP contribution < -0.4 is 10.5 Å². The van der Waals surface area contributed by atoms with Crippen molar-refractivity contribution in [3.8, 4) is 5.75 Å². The van der Waals surface area contributed by atoms with Gasteiger partial charge in [-0.1, -0.05) is 32.4 Å². The molecule has 0 bridgehead atoms. The number of methoxy groups -OCH3 is 1. The summed E-state index contributed by atoms with van der Waals surface area (Å²) in [5, 5.41) is 0. The van der Waals surface area contributed by atoms with Crippen LogP contribution >= 0.6 is 12.4 Å². The Kier molecular flexibility index (Phi) is 10.3. The number of rotatable bonds is 7. The van der Waals surface area contributed by atoms with E-state index in [9.17, 15) is 9.59 Å². The maximum Gasteiger partial charge on any atom is 0.239 e. The monoisotopic (exact) mass is 411 g/mol. The summed E-state index contributed by atoms with van der Waals surface area (Å²) < 4.78 is 5.16. The van der Waals surface area contributed by atoms with Gasteiger partial charge in [-0.2, -0.15) is 0 Å². The first-order chi connectivity index (χ1) is 13.0. The van der Waals surface area contributed by atoms with Crippen molar-refractivity contribution in [1.29, 1.82) is 0 Å². The summed E-state index contributed by atoms with van der Waals surface area (Å²) in [6.45, 7) is 6.57. The molecule has 0 spiro atoms. The van der Waals surface area contributed by atoms with Gasteiger partial charge < -0.3 is 20.3 Å². The predicted octanol–water partition coefficient (Wildman–Crippen LogP) is 2.48. The molecule has 2 atom stereocenters. The van der Waals surface area contributed by atoms with Crippen LogP contribution in [0.25, 0.3) is 0 Å². The fourth-order valence-corrected chi connectivity index (χ4v) is 3.30. The summed E-state index contributed by atoms with van der Waals surface area (Å²) in [6.07, 6.45) is 2.87. The predicted molar refractivity (Wildman–Crippen MR) is 114 cm³/mol. The van der Waals surface area contributed by atoms with Gasteiger partial charge in [0, 0.05) is 32.6 Å². The number of amides is 2. The molecule has 2 amide bonds. The smallest absolute Gasteiger partial charge is 0.239 e. The van der Waals surface area contributed by atoms with Crippen molar-refractivity contribution in [3.05, 3.63) is 29.8 Å². The van der Waals surface area contributed by atoms with E-state index in [1.54, 1.807) is 7.11 Å². The quantitative estimate of drug-likeness (QED) is 0.747. The van der Waals surface area contributed by atoms with E-state index in [0.717, 1.165) is 24.2 Å². The van der Waals surface area contributed by atoms with Crippen LogP contribution in [-0.2, 0) is 16.0 Å². The molecule has 1 heterocycles. The summed E-state index contributed by atoms with van der Waals surface area (Å²) in [7, 11) is 1.64. The third-order valence-corrected chi connectivity index (χ3v) is 5.49. The van der Waals surface area contributed by atoms with E-state index >= 15 is 0 Å². The van der Waals surface area contributed by atoms with Crippen molar-refractivity contribution in [1.82, 2.24) is 9.80 Å². The zero-order valence-corrected chi connectivity index (χ0v) is 18.0. The summed E-state index contributed by atoms with van der Waals surface area (Å²) in [6, 6.07) is 7.36. The highest BCUT2D eigenvalue weighted by Gasteiger charge is 2.27. The molecule has 6 nitrogen and oxygen atoms in total. The lowest BCUT2D eigenvalue weighted by atomic mass is 9.99. The summed E-state index contributed by atoms with van der Waals surface area (Å²) in [5.74, 6) is 1.14. The van der Waals surface area contributed by atoms with Crippen molar-refractivity contribution >= 4 is 24.2 Å². The lowest BCUT2D eigenvalue weighted by Gasteiger charge is -2.27. The molecule has 1 aromatic rings. The number of hydrogen-bond donors (Lipinski definition) is 1. The molecule has 0 radical (unpaired) electrons. The third kappa shape index (κ3) is 6.67. The fourth-order valence-electron chi connectivity index (χ4n) is 3.30. The zero-order valence-electron chi connectivity index (χ0n) is 17.2. The van der Waals surface area contributed by atoms with Crippen LogP contribution in [-0.4, -0.2) is 60.9 Å². The highest BCUT2D eigenvalue weighted by molar-refractivity contribution is 5.85. The van der Waals surface area contributed by atoms with E-state index in [-0.39, 0.29) is 30.1 Å². The van der Waals surface area contributed by atoms with E-state index in [1.165, 1.54) is 0 Å². The Morgan fingerprint density at radius 2 is 1.71 bits per heavy atom. The highest BCUT2D eigenvalue weighted by Crippen LogP contribution is 2.15. The molecule has 1 aliphatic heterocycles. The number of aryl methyl sites for hydroxylation is 1. The minimum absolute atomic E-state index is 0. The minimum atomic E-state index is -0.452. The van der Waals surface area contributed by atoms with E-state index in [1.807, 2.05) is 47.9 Å². The second kappa shape index (κ2) is 11.9. The van der Waals surface area contributed by atoms with Gasteiger partial charge in [0.1, 0.15) is 5.75 Å². The number of ether oxygens (including phenoxy) is 1. The van der Waals surface area contributed by atoms with Gasteiger partial charge in [-0.3, -0.25) is 9.59 Å². The average Bonchev–Trinajstić information content (AvgIpc) is 2.97. The van der Waals surface area contributed by atoms with Gasteiger partial charge in [0.25, 0.3) is 0 Å². The summed E-state index contributed by atoms with van der Waals surface area (Å²) in [5.41, 5.74) is 7.22. The second-order valence-corrected chi connectivity index (χ2v) is 7.32. The van der Waals surface area contributed by atoms with Gasteiger partial charge in [-0.15, -0.1) is 12.4 Å². The van der Waals surface area contributed by atoms with Crippen LogP contribution in [0.2, 0.25) is 0 Å². The highest BCUT2D eigenvalue weighted by atomic mass is 35.5. The van der Waals surface area contributed by atoms with Gasteiger partial charge in [0.15, 0.2) is 0 Å². The SMILES string of the molecule is CCC(C)C(N)C(=O)N1CCCN(C(=O)CCc2ccc(OC)cc2)CC1.Cl. The Morgan fingerprint density at radius 1 is 1.11 bits per heavy atom. The van der Waals surface area contributed by atoms with Crippen LogP contribution in [0.1, 0.15) is 38.7 Å². The van der Waals surface area contributed by atoms with E-state index in [0.29, 0.717) is 39.0 Å². The topological polar surface area (TPSA) is 75.9 Å². The fraction of sp³-hybridized carbons (Fsp3) is 0.619. The molecule has 1 aromatic carbocycles. The number of nitrogens with zero attached hydrogens (tertiary/aromatic N) is 2. The van der Waals surface area contributed by atoms with E-state index < -0.39 is 6.04 Å². The van der Waals surface area contributed by atoms with E-state index in [2.05, 4.69) is 0 Å². The molecular formula is C21H34ClN3O3. The molecule has 1 fully saturated rings. The van der Waals surface area contributed by atoms with Crippen molar-refractivity contribution in [2.24, 2.45) is 11.7 Å². The van der Waals surface area contributed by atoms with E-state index in [4.69, 9.17) is 10.5 Å². The molecule has 2 unspecified atom stereocenters. The van der Waals surface area contributed by atoms with Crippen LogP contribution in [0.5, 0.6) is 5.75 Å². The Hall–Kier alpha value is -1.79. The van der Waals surface area contributed by atoms with Gasteiger partial charge in [0.2, 0.25) is 11.8 Å². The lowest BCUT2D eigenvalue weighted by Crippen LogP contribution is -2.48. The number of hydrogen-bond acceptors (Lipinski definition) is 4. The number of nitrogens with two attached hydrogens (primary N) is 1. The summed E-state index contributed by atoms with van der Waals surface area (Å²) in [4.78, 5) is 28.9. The van der Waals surface area contributed by atoms with Crippen LogP contribution in [0, 0.1) is 5.92 Å². The maximum atomic E-state index is 12.6. The molecule has 0 aliphatic carbocycles. The molecule has 28 heavy (non-hydrogen) atoms. The minimum Gasteiger partial charge on any atom is -0.497 e. The first kappa shape index (κ1) is 24.2. The van der Waals surface area contributed by atoms with Crippen LogP contribution in [0.15, 0.2) is 24.3 Å². The van der Waals surface area contributed by atoms with Crippen molar-refractivity contribution in [3.63, 3.8) is 0 Å². The van der Waals surface area contributed by atoms with Gasteiger partial charge in [-0.05, 0) is 36.5 Å². The molecule has 1 aliphatic rings. The average molecular weight is 412 g/mol. The van der Waals surface area contributed by atoms with Gasteiger partial charge in [-0.25, -0.2) is 0 Å². The maximum absolute atomic E-state index is 12.6. The molecule has 0 aromatic heterocycles. The number of carbonyl (C=O) groups is 2. The molecule has 1 saturated heterocycles. The molecule has 2 rings (SSSR count). The normalized spacial score (nSPS) is 16.6. The van der Waals surface area contributed by atoms with Crippen LogP contribution in [0.3, 0.4) is 0 Å². The Bertz CT molecular complexity index is 624. The third-order valence-electron chi connectivity index (χ3n) is 5.49. The standard InChI is InChI=1S/C21H33N3O3.ClH/c1-4-16(2)20(22)21(26)24-13-5-12-23(14-15-24)19(25)11-8-17-6-9-18(27-3)10-7-17;/h6-7,9-10,16,20H,4-5,8,11-15,22H2,1-3H3;1H. The van der Waals surface area contributed by atoms with Gasteiger partial charge >= 0.3 is 0 Å². The second-order valence-electron chi connectivity index (χ2n) is 7.32. The summed E-state index contributed by atoms with van der Waals surface area (Å²) >= 11 is 0. The van der Waals surface area contributed by atoms with Gasteiger partial charge in [0.05, 0.1) is 13.2 Å².